The first kappa shape index (κ1) is 12.5. The van der Waals surface area contributed by atoms with Crippen molar-refractivity contribution < 1.29 is 4.79 Å². The fourth-order valence-corrected chi connectivity index (χ4v) is 3.60. The van der Waals surface area contributed by atoms with Gasteiger partial charge in [0.15, 0.2) is 5.78 Å². The van der Waals surface area contributed by atoms with Crippen molar-refractivity contribution >= 4 is 45.1 Å². The Labute approximate surface area is 113 Å². The Hall–Kier alpha value is 0.01000. The number of Topliss-reactive ketones (excluding diaryl/α,β-unsaturated/α-hetero) is 1. The van der Waals surface area contributed by atoms with Crippen molar-refractivity contribution in [3.05, 3.63) is 33.3 Å². The molecule has 1 heterocycles. The van der Waals surface area contributed by atoms with E-state index in [0.29, 0.717) is 10.6 Å². The maximum atomic E-state index is 12.3. The monoisotopic (exact) mass is 318 g/mol. The summed E-state index contributed by atoms with van der Waals surface area (Å²) in [6.45, 7) is 2.03. The van der Waals surface area contributed by atoms with E-state index in [-0.39, 0.29) is 10.5 Å². The lowest BCUT2D eigenvalue weighted by Crippen LogP contribution is -2.28. The maximum Gasteiger partial charge on any atom is 0.178 e. The van der Waals surface area contributed by atoms with E-state index in [0.717, 1.165) is 23.1 Å². The van der Waals surface area contributed by atoms with Gasteiger partial charge in [0, 0.05) is 10.0 Å². The number of halogens is 2. The SMILES string of the molecule is CC1(C(=O)c2ccc(Br)c(Cl)c2)CCCS1. The van der Waals surface area contributed by atoms with Gasteiger partial charge in [0.1, 0.15) is 0 Å². The first-order valence-corrected chi connectivity index (χ1v) is 7.32. The van der Waals surface area contributed by atoms with Crippen molar-refractivity contribution in [1.29, 1.82) is 0 Å². The first-order valence-electron chi connectivity index (χ1n) is 5.17. The molecular formula is C12H12BrClOS. The number of thioether (sulfide) groups is 1. The molecule has 1 saturated heterocycles. The first-order chi connectivity index (χ1) is 7.53. The summed E-state index contributed by atoms with van der Waals surface area (Å²) < 4.78 is 0.576. The van der Waals surface area contributed by atoms with Gasteiger partial charge in [-0.15, -0.1) is 11.8 Å². The molecule has 1 aromatic carbocycles. The fourth-order valence-electron chi connectivity index (χ4n) is 1.90. The summed E-state index contributed by atoms with van der Waals surface area (Å²) in [6.07, 6.45) is 2.08. The van der Waals surface area contributed by atoms with Crippen LogP contribution >= 0.6 is 39.3 Å². The van der Waals surface area contributed by atoms with Gasteiger partial charge in [-0.2, -0.15) is 0 Å². The Balaban J connectivity index is 2.30. The molecule has 4 heteroatoms. The molecule has 1 aliphatic rings. The zero-order chi connectivity index (χ0) is 11.8. The smallest absolute Gasteiger partial charge is 0.178 e. The van der Waals surface area contributed by atoms with Gasteiger partial charge in [-0.05, 0) is 53.6 Å². The lowest BCUT2D eigenvalue weighted by atomic mass is 9.95. The second-order valence-electron chi connectivity index (χ2n) is 4.14. The van der Waals surface area contributed by atoms with E-state index in [1.165, 1.54) is 0 Å². The van der Waals surface area contributed by atoms with E-state index in [9.17, 15) is 4.79 Å². The lowest BCUT2D eigenvalue weighted by molar-refractivity contribution is 0.0949. The second-order valence-corrected chi connectivity index (χ2v) is 7.00. The highest BCUT2D eigenvalue weighted by Gasteiger charge is 2.37. The van der Waals surface area contributed by atoms with Crippen LogP contribution in [-0.2, 0) is 0 Å². The van der Waals surface area contributed by atoms with Crippen molar-refractivity contribution in [2.24, 2.45) is 0 Å². The van der Waals surface area contributed by atoms with Gasteiger partial charge in [-0.1, -0.05) is 17.7 Å². The van der Waals surface area contributed by atoms with Gasteiger partial charge < -0.3 is 0 Å². The van der Waals surface area contributed by atoms with Gasteiger partial charge in [0.2, 0.25) is 0 Å². The predicted molar refractivity (Wildman–Crippen MR) is 73.6 cm³/mol. The molecule has 1 nitrogen and oxygen atoms in total. The van der Waals surface area contributed by atoms with E-state index in [1.54, 1.807) is 17.8 Å². The van der Waals surface area contributed by atoms with Gasteiger partial charge >= 0.3 is 0 Å². The lowest BCUT2D eigenvalue weighted by Gasteiger charge is -2.20. The van der Waals surface area contributed by atoms with Crippen molar-refractivity contribution in [2.75, 3.05) is 5.75 Å². The molecule has 2 rings (SSSR count). The molecule has 0 bridgehead atoms. The van der Waals surface area contributed by atoms with Gasteiger partial charge in [0.25, 0.3) is 0 Å². The Bertz CT molecular complexity index is 427. The highest BCUT2D eigenvalue weighted by molar-refractivity contribution is 9.10. The molecule has 0 N–H and O–H groups in total. The number of hydrogen-bond donors (Lipinski definition) is 0. The van der Waals surface area contributed by atoms with Crippen molar-refractivity contribution in [2.45, 2.75) is 24.5 Å². The Morgan fingerprint density at radius 3 is 2.88 bits per heavy atom. The molecule has 86 valence electrons. The van der Waals surface area contributed by atoms with Crippen LogP contribution in [0.5, 0.6) is 0 Å². The average Bonchev–Trinajstić information content (AvgIpc) is 2.70. The van der Waals surface area contributed by atoms with Crippen LogP contribution in [0, 0.1) is 0 Å². The van der Waals surface area contributed by atoms with Crippen molar-refractivity contribution in [3.8, 4) is 0 Å². The molecule has 0 aromatic heterocycles. The van der Waals surface area contributed by atoms with Crippen LogP contribution in [0.25, 0.3) is 0 Å². The summed E-state index contributed by atoms with van der Waals surface area (Å²) in [5, 5.41) is 0.595. The molecule has 0 aliphatic carbocycles. The largest absolute Gasteiger partial charge is 0.293 e. The zero-order valence-electron chi connectivity index (χ0n) is 8.93. The second kappa shape index (κ2) is 4.71. The van der Waals surface area contributed by atoms with Crippen LogP contribution in [0.2, 0.25) is 5.02 Å². The van der Waals surface area contributed by atoms with Crippen molar-refractivity contribution in [3.63, 3.8) is 0 Å². The van der Waals surface area contributed by atoms with Gasteiger partial charge in [-0.25, -0.2) is 0 Å². The minimum Gasteiger partial charge on any atom is -0.293 e. The van der Waals surface area contributed by atoms with Crippen LogP contribution in [0.15, 0.2) is 22.7 Å². The fraction of sp³-hybridized carbons (Fsp3) is 0.417. The summed E-state index contributed by atoms with van der Waals surface area (Å²) >= 11 is 11.1. The third kappa shape index (κ3) is 2.31. The van der Waals surface area contributed by atoms with Crippen LogP contribution in [0.1, 0.15) is 30.1 Å². The Morgan fingerprint density at radius 2 is 2.31 bits per heavy atom. The summed E-state index contributed by atoms with van der Waals surface area (Å²) in [4.78, 5) is 12.3. The van der Waals surface area contributed by atoms with Crippen LogP contribution in [0.3, 0.4) is 0 Å². The molecule has 1 atom stereocenters. The number of benzene rings is 1. The van der Waals surface area contributed by atoms with E-state index in [2.05, 4.69) is 15.9 Å². The molecule has 1 unspecified atom stereocenters. The molecule has 0 radical (unpaired) electrons. The maximum absolute atomic E-state index is 12.3. The standard InChI is InChI=1S/C12H12BrClOS/c1-12(5-2-6-16-12)11(15)8-3-4-9(13)10(14)7-8/h3-4,7H,2,5-6H2,1H3. The highest BCUT2D eigenvalue weighted by atomic mass is 79.9. The number of ketones is 1. The summed E-state index contributed by atoms with van der Waals surface area (Å²) in [5.41, 5.74) is 0.713. The number of hydrogen-bond acceptors (Lipinski definition) is 2. The highest BCUT2D eigenvalue weighted by Crippen LogP contribution is 2.40. The van der Waals surface area contributed by atoms with E-state index >= 15 is 0 Å². The molecule has 1 fully saturated rings. The topological polar surface area (TPSA) is 17.1 Å². The van der Waals surface area contributed by atoms with E-state index < -0.39 is 0 Å². The zero-order valence-corrected chi connectivity index (χ0v) is 12.1. The van der Waals surface area contributed by atoms with Crippen LogP contribution in [0.4, 0.5) is 0 Å². The Morgan fingerprint density at radius 1 is 1.56 bits per heavy atom. The third-order valence-electron chi connectivity index (χ3n) is 2.88. The normalized spacial score (nSPS) is 24.7. The molecule has 16 heavy (non-hydrogen) atoms. The van der Waals surface area contributed by atoms with Gasteiger partial charge in [0.05, 0.1) is 9.77 Å². The number of carbonyl (C=O) groups is 1. The molecule has 0 saturated carbocycles. The number of carbonyl (C=O) groups excluding carboxylic acids is 1. The summed E-state index contributed by atoms with van der Waals surface area (Å²) in [5.74, 6) is 1.27. The minimum atomic E-state index is -0.253. The molecule has 0 amide bonds. The summed E-state index contributed by atoms with van der Waals surface area (Å²) in [6, 6.07) is 5.42. The van der Waals surface area contributed by atoms with Gasteiger partial charge in [-0.3, -0.25) is 4.79 Å². The molecule has 1 aliphatic heterocycles. The van der Waals surface area contributed by atoms with Crippen molar-refractivity contribution in [1.82, 2.24) is 0 Å². The molecule has 0 spiro atoms. The molecular weight excluding hydrogens is 308 g/mol. The predicted octanol–water partition coefficient (Wildman–Crippen LogP) is 4.57. The minimum absolute atomic E-state index is 0.199. The summed E-state index contributed by atoms with van der Waals surface area (Å²) in [7, 11) is 0. The average molecular weight is 320 g/mol. The Kier molecular flexibility index (Phi) is 3.67. The number of rotatable bonds is 2. The third-order valence-corrected chi connectivity index (χ3v) is 5.63. The van der Waals surface area contributed by atoms with Crippen LogP contribution in [-0.4, -0.2) is 16.3 Å². The van der Waals surface area contributed by atoms with E-state index in [1.807, 2.05) is 19.1 Å². The van der Waals surface area contributed by atoms with E-state index in [4.69, 9.17) is 11.6 Å². The van der Waals surface area contributed by atoms with Crippen LogP contribution < -0.4 is 0 Å². The molecule has 1 aromatic rings. The quantitative estimate of drug-likeness (QED) is 0.743.